The van der Waals surface area contributed by atoms with Gasteiger partial charge in [-0.2, -0.15) is 5.10 Å². The lowest BCUT2D eigenvalue weighted by molar-refractivity contribution is -0.384. The Bertz CT molecular complexity index is 681. The fourth-order valence-electron chi connectivity index (χ4n) is 1.66. The van der Waals surface area contributed by atoms with Crippen molar-refractivity contribution in [3.8, 4) is 5.69 Å². The number of nitro benzene ring substituents is 1. The smallest absolute Gasteiger partial charge is 0.356 e. The quantitative estimate of drug-likeness (QED) is 0.675. The van der Waals surface area contributed by atoms with E-state index in [1.54, 1.807) is 0 Å². The number of para-hydroxylation sites is 1. The predicted octanol–water partition coefficient (Wildman–Crippen LogP) is 1.93. The number of carboxylic acids is 1. The van der Waals surface area contributed by atoms with Gasteiger partial charge in [-0.05, 0) is 13.0 Å². The van der Waals surface area contributed by atoms with Crippen molar-refractivity contribution in [2.45, 2.75) is 6.92 Å². The van der Waals surface area contributed by atoms with Crippen LogP contribution in [0.3, 0.4) is 0 Å². The fourth-order valence-corrected chi connectivity index (χ4v) is 1.66. The van der Waals surface area contributed by atoms with Gasteiger partial charge in [-0.15, -0.1) is 0 Å². The van der Waals surface area contributed by atoms with Gasteiger partial charge in [0, 0.05) is 17.8 Å². The molecule has 19 heavy (non-hydrogen) atoms. The minimum Gasteiger partial charge on any atom is -0.476 e. The Hall–Kier alpha value is -2.77. The first-order chi connectivity index (χ1) is 8.91. The molecule has 0 aliphatic heterocycles. The largest absolute Gasteiger partial charge is 0.476 e. The van der Waals surface area contributed by atoms with Gasteiger partial charge in [0.05, 0.1) is 4.92 Å². The molecule has 2 aromatic rings. The van der Waals surface area contributed by atoms with Crippen molar-refractivity contribution in [2.75, 3.05) is 0 Å². The molecule has 0 aliphatic carbocycles. The van der Waals surface area contributed by atoms with Crippen LogP contribution in [-0.2, 0) is 0 Å². The molecule has 1 N–H and O–H groups in total. The van der Waals surface area contributed by atoms with Crippen LogP contribution in [0.1, 0.15) is 16.1 Å². The molecule has 1 heterocycles. The van der Waals surface area contributed by atoms with Crippen LogP contribution >= 0.6 is 0 Å². The lowest BCUT2D eigenvalue weighted by atomic mass is 10.2. The maximum absolute atomic E-state index is 13.7. The number of hydrogen-bond acceptors (Lipinski definition) is 4. The number of nitro groups is 1. The van der Waals surface area contributed by atoms with E-state index >= 15 is 0 Å². The maximum Gasteiger partial charge on any atom is 0.356 e. The normalized spacial score (nSPS) is 10.4. The van der Waals surface area contributed by atoms with Crippen LogP contribution < -0.4 is 0 Å². The zero-order chi connectivity index (χ0) is 14.2. The van der Waals surface area contributed by atoms with E-state index in [-0.39, 0.29) is 16.9 Å². The van der Waals surface area contributed by atoms with Crippen molar-refractivity contribution in [1.82, 2.24) is 9.78 Å². The third-order valence-electron chi connectivity index (χ3n) is 2.49. The van der Waals surface area contributed by atoms with E-state index < -0.39 is 22.4 Å². The van der Waals surface area contributed by atoms with Crippen LogP contribution in [0.25, 0.3) is 5.69 Å². The zero-order valence-corrected chi connectivity index (χ0v) is 9.70. The lowest BCUT2D eigenvalue weighted by Gasteiger charge is -2.03. The van der Waals surface area contributed by atoms with Gasteiger partial charge in [0.1, 0.15) is 0 Å². The standard InChI is InChI=1S/C11H8FN3O4/c1-6-5-14(13-9(6)11(16)17)10-7(12)3-2-4-8(10)15(18)19/h2-5H,1H3,(H,16,17). The summed E-state index contributed by atoms with van der Waals surface area (Å²) in [5, 5.41) is 23.4. The summed E-state index contributed by atoms with van der Waals surface area (Å²) in [5.41, 5.74) is -0.870. The SMILES string of the molecule is Cc1cn(-c2c(F)cccc2[N+](=O)[O-])nc1C(=O)O. The number of hydrogen-bond donors (Lipinski definition) is 1. The van der Waals surface area contributed by atoms with E-state index in [0.717, 1.165) is 16.8 Å². The molecule has 0 aliphatic rings. The molecule has 98 valence electrons. The third-order valence-corrected chi connectivity index (χ3v) is 2.49. The molecule has 0 saturated carbocycles. The van der Waals surface area contributed by atoms with Crippen molar-refractivity contribution >= 4 is 11.7 Å². The molecule has 8 heteroatoms. The first-order valence-electron chi connectivity index (χ1n) is 5.14. The van der Waals surface area contributed by atoms with Crippen molar-refractivity contribution in [3.63, 3.8) is 0 Å². The van der Waals surface area contributed by atoms with E-state index in [0.29, 0.717) is 0 Å². The summed E-state index contributed by atoms with van der Waals surface area (Å²) in [6.45, 7) is 1.47. The number of aromatic nitrogens is 2. The Morgan fingerprint density at radius 3 is 2.74 bits per heavy atom. The van der Waals surface area contributed by atoms with Gasteiger partial charge in [-0.25, -0.2) is 13.9 Å². The van der Waals surface area contributed by atoms with E-state index in [1.165, 1.54) is 19.2 Å². The van der Waals surface area contributed by atoms with Crippen LogP contribution in [0.4, 0.5) is 10.1 Å². The van der Waals surface area contributed by atoms with E-state index in [9.17, 15) is 19.3 Å². The minimum atomic E-state index is -1.28. The summed E-state index contributed by atoms with van der Waals surface area (Å²) >= 11 is 0. The first-order valence-corrected chi connectivity index (χ1v) is 5.14. The van der Waals surface area contributed by atoms with E-state index in [1.807, 2.05) is 0 Å². The molecule has 0 atom stereocenters. The Morgan fingerprint density at radius 1 is 1.53 bits per heavy atom. The van der Waals surface area contributed by atoms with Crippen LogP contribution in [0.2, 0.25) is 0 Å². The number of nitrogens with zero attached hydrogens (tertiary/aromatic N) is 3. The summed E-state index contributed by atoms with van der Waals surface area (Å²) in [4.78, 5) is 21.0. The van der Waals surface area contributed by atoms with Crippen molar-refractivity contribution < 1.29 is 19.2 Å². The molecule has 0 spiro atoms. The number of aryl methyl sites for hydroxylation is 1. The number of carbonyl (C=O) groups is 1. The highest BCUT2D eigenvalue weighted by Crippen LogP contribution is 2.25. The maximum atomic E-state index is 13.7. The summed E-state index contributed by atoms with van der Waals surface area (Å²) in [6, 6.07) is 3.36. The van der Waals surface area contributed by atoms with Gasteiger partial charge in [-0.1, -0.05) is 6.07 Å². The molecule has 0 bridgehead atoms. The number of halogens is 1. The van der Waals surface area contributed by atoms with Crippen molar-refractivity contribution in [1.29, 1.82) is 0 Å². The zero-order valence-electron chi connectivity index (χ0n) is 9.70. The van der Waals surface area contributed by atoms with Crippen LogP contribution in [0.15, 0.2) is 24.4 Å². The van der Waals surface area contributed by atoms with Crippen molar-refractivity contribution in [2.24, 2.45) is 0 Å². The van der Waals surface area contributed by atoms with Gasteiger partial charge in [0.15, 0.2) is 17.2 Å². The van der Waals surface area contributed by atoms with Crippen LogP contribution in [-0.4, -0.2) is 25.8 Å². The summed E-state index contributed by atoms with van der Waals surface area (Å²) in [6.07, 6.45) is 1.23. The Labute approximate surface area is 106 Å². The lowest BCUT2D eigenvalue weighted by Crippen LogP contribution is -2.06. The summed E-state index contributed by atoms with van der Waals surface area (Å²) in [7, 11) is 0. The highest BCUT2D eigenvalue weighted by molar-refractivity contribution is 5.87. The number of carboxylic acid groups (broad SMARTS) is 1. The van der Waals surface area contributed by atoms with Crippen molar-refractivity contribution in [3.05, 3.63) is 51.6 Å². The molecule has 0 amide bonds. The second-order valence-corrected chi connectivity index (χ2v) is 3.78. The predicted molar refractivity (Wildman–Crippen MR) is 61.9 cm³/mol. The van der Waals surface area contributed by atoms with Gasteiger partial charge in [0.25, 0.3) is 5.69 Å². The summed E-state index contributed by atoms with van der Waals surface area (Å²) < 4.78 is 14.6. The molecule has 0 saturated heterocycles. The number of rotatable bonds is 3. The van der Waals surface area contributed by atoms with Crippen LogP contribution in [0.5, 0.6) is 0 Å². The third kappa shape index (κ3) is 2.15. The van der Waals surface area contributed by atoms with Gasteiger partial charge >= 0.3 is 5.97 Å². The molecule has 1 aromatic carbocycles. The molecular weight excluding hydrogens is 257 g/mol. The second kappa shape index (κ2) is 4.48. The average Bonchev–Trinajstić information content (AvgIpc) is 2.70. The van der Waals surface area contributed by atoms with E-state index in [4.69, 9.17) is 5.11 Å². The van der Waals surface area contributed by atoms with Gasteiger partial charge in [-0.3, -0.25) is 10.1 Å². The highest BCUT2D eigenvalue weighted by atomic mass is 19.1. The average molecular weight is 265 g/mol. The molecule has 0 unspecified atom stereocenters. The Kier molecular flexibility index (Phi) is 2.99. The first kappa shape index (κ1) is 12.7. The van der Waals surface area contributed by atoms with Gasteiger partial charge in [0.2, 0.25) is 0 Å². The summed E-state index contributed by atoms with van der Waals surface area (Å²) in [5.74, 6) is -2.14. The molecule has 0 fully saturated rings. The number of benzene rings is 1. The molecular formula is C11H8FN3O4. The molecule has 7 nitrogen and oxygen atoms in total. The van der Waals surface area contributed by atoms with Gasteiger partial charge < -0.3 is 5.11 Å². The minimum absolute atomic E-state index is 0.280. The molecule has 2 rings (SSSR count). The molecule has 0 radical (unpaired) electrons. The highest BCUT2D eigenvalue weighted by Gasteiger charge is 2.22. The van der Waals surface area contributed by atoms with E-state index in [2.05, 4.69) is 5.10 Å². The van der Waals surface area contributed by atoms with Crippen LogP contribution in [0, 0.1) is 22.9 Å². The fraction of sp³-hybridized carbons (Fsp3) is 0.0909. The molecule has 1 aromatic heterocycles. The second-order valence-electron chi connectivity index (χ2n) is 3.78. The monoisotopic (exact) mass is 265 g/mol. The Balaban J connectivity index is 2.68. The Morgan fingerprint density at radius 2 is 2.21 bits per heavy atom. The topological polar surface area (TPSA) is 98.3 Å². The number of aromatic carboxylic acids is 1.